The number of rotatable bonds is 8. The first-order valence-corrected chi connectivity index (χ1v) is 11.5. The SMILES string of the molecule is CC(C)c1noc(C2CCN(c3ncnc(Oc4ccc(/C(=C/[SH2+])N=N)cc4)c3C=O)CC2)n1. The molecule has 0 radical (unpaired) electrons. The first-order valence-electron chi connectivity index (χ1n) is 11.0. The van der Waals surface area contributed by atoms with Crippen molar-refractivity contribution in [2.24, 2.45) is 5.11 Å². The zero-order valence-corrected chi connectivity index (χ0v) is 19.9. The minimum atomic E-state index is 0.181. The molecule has 1 aromatic carbocycles. The Morgan fingerprint density at radius 3 is 2.59 bits per heavy atom. The van der Waals surface area contributed by atoms with E-state index in [1.807, 2.05) is 13.8 Å². The molecule has 34 heavy (non-hydrogen) atoms. The molecule has 10 nitrogen and oxygen atoms in total. The summed E-state index contributed by atoms with van der Waals surface area (Å²) in [6.07, 6.45) is 3.74. The Hall–Kier alpha value is -3.60. The molecule has 11 heteroatoms. The fraction of sp³-hybridized carbons (Fsp3) is 0.348. The van der Waals surface area contributed by atoms with Crippen molar-refractivity contribution in [2.75, 3.05) is 18.0 Å². The van der Waals surface area contributed by atoms with Crippen LogP contribution in [0.5, 0.6) is 11.6 Å². The molecule has 0 aliphatic carbocycles. The number of aldehydes is 1. The number of nitrogens with one attached hydrogen (secondary N) is 1. The van der Waals surface area contributed by atoms with E-state index in [4.69, 9.17) is 14.8 Å². The molecule has 0 saturated carbocycles. The molecule has 0 unspecified atom stereocenters. The molecule has 1 N–H and O–H groups in total. The summed E-state index contributed by atoms with van der Waals surface area (Å²) in [6.45, 7) is 5.45. The summed E-state index contributed by atoms with van der Waals surface area (Å²) in [4.78, 5) is 27.1. The van der Waals surface area contributed by atoms with E-state index >= 15 is 0 Å². The van der Waals surface area contributed by atoms with E-state index in [0.29, 0.717) is 41.8 Å². The van der Waals surface area contributed by atoms with E-state index in [9.17, 15) is 4.79 Å². The second-order valence-corrected chi connectivity index (χ2v) is 8.50. The third kappa shape index (κ3) is 4.98. The normalized spacial score (nSPS) is 14.9. The van der Waals surface area contributed by atoms with Gasteiger partial charge in [-0.15, -0.1) is 0 Å². The van der Waals surface area contributed by atoms with Gasteiger partial charge >= 0.3 is 0 Å². The Bertz CT molecular complexity index is 1190. The molecule has 3 aromatic rings. The zero-order valence-electron chi connectivity index (χ0n) is 18.9. The summed E-state index contributed by atoms with van der Waals surface area (Å²) in [5, 5.41) is 9.08. The number of piperidine rings is 1. The van der Waals surface area contributed by atoms with Gasteiger partial charge in [0.05, 0.1) is 0 Å². The van der Waals surface area contributed by atoms with Crippen LogP contribution in [0.15, 0.2) is 45.6 Å². The molecule has 4 rings (SSSR count). The van der Waals surface area contributed by atoms with Crippen molar-refractivity contribution in [3.8, 4) is 11.6 Å². The lowest BCUT2D eigenvalue weighted by Crippen LogP contribution is -2.34. The number of anilines is 1. The first kappa shape index (κ1) is 23.6. The Morgan fingerprint density at radius 1 is 1.26 bits per heavy atom. The van der Waals surface area contributed by atoms with Gasteiger partial charge in [0.2, 0.25) is 11.8 Å². The predicted octanol–water partition coefficient (Wildman–Crippen LogP) is 4.31. The van der Waals surface area contributed by atoms with Crippen LogP contribution in [0.4, 0.5) is 5.82 Å². The van der Waals surface area contributed by atoms with Crippen LogP contribution in [-0.2, 0) is 12.6 Å². The van der Waals surface area contributed by atoms with Crippen LogP contribution in [-0.4, -0.2) is 39.5 Å². The Labute approximate surface area is 202 Å². The molecule has 1 saturated heterocycles. The molecule has 0 spiro atoms. The van der Waals surface area contributed by atoms with Crippen LogP contribution < -0.4 is 9.64 Å². The summed E-state index contributed by atoms with van der Waals surface area (Å²) in [6, 6.07) is 7.01. The van der Waals surface area contributed by atoms with E-state index in [1.165, 1.54) is 6.33 Å². The minimum Gasteiger partial charge on any atom is -0.438 e. The molecule has 1 aliphatic heterocycles. The Kier molecular flexibility index (Phi) is 7.31. The van der Waals surface area contributed by atoms with Gasteiger partial charge in [0.1, 0.15) is 34.6 Å². The van der Waals surface area contributed by atoms with E-state index in [1.54, 1.807) is 29.7 Å². The molecule has 1 aliphatic rings. The maximum atomic E-state index is 12.0. The van der Waals surface area contributed by atoms with Crippen molar-refractivity contribution in [3.63, 3.8) is 0 Å². The third-order valence-corrected chi connectivity index (χ3v) is 5.96. The molecule has 176 valence electrons. The van der Waals surface area contributed by atoms with Crippen LogP contribution >= 0.6 is 0 Å². The fourth-order valence-electron chi connectivity index (χ4n) is 3.78. The highest BCUT2D eigenvalue weighted by Gasteiger charge is 2.28. The predicted molar refractivity (Wildman–Crippen MR) is 130 cm³/mol. The lowest BCUT2D eigenvalue weighted by atomic mass is 9.96. The highest BCUT2D eigenvalue weighted by molar-refractivity contribution is 7.62. The van der Waals surface area contributed by atoms with Gasteiger partial charge in [0.25, 0.3) is 0 Å². The van der Waals surface area contributed by atoms with Gasteiger partial charge in [-0.25, -0.2) is 15.5 Å². The Morgan fingerprint density at radius 2 is 2.00 bits per heavy atom. The summed E-state index contributed by atoms with van der Waals surface area (Å²) in [7, 11) is 0. The van der Waals surface area contributed by atoms with Crippen LogP contribution in [0.25, 0.3) is 5.70 Å². The van der Waals surface area contributed by atoms with E-state index in [-0.39, 0.29) is 17.7 Å². The van der Waals surface area contributed by atoms with Crippen LogP contribution in [0, 0.1) is 5.53 Å². The van der Waals surface area contributed by atoms with Crippen LogP contribution in [0.1, 0.15) is 66.2 Å². The molecule has 3 heterocycles. The first-order chi connectivity index (χ1) is 16.5. The number of ether oxygens (including phenoxy) is 1. The Balaban J connectivity index is 1.48. The number of carbonyl (C=O) groups is 1. The van der Waals surface area contributed by atoms with Gasteiger partial charge in [-0.3, -0.25) is 4.79 Å². The second kappa shape index (κ2) is 10.6. The number of hydrogen-bond donors (Lipinski definition) is 1. The summed E-state index contributed by atoms with van der Waals surface area (Å²) < 4.78 is 11.4. The number of carbonyl (C=O) groups excluding carboxylic acids is 1. The van der Waals surface area contributed by atoms with Gasteiger partial charge in [0, 0.05) is 30.5 Å². The lowest BCUT2D eigenvalue weighted by Gasteiger charge is -2.32. The lowest BCUT2D eigenvalue weighted by molar-refractivity contribution is 0.112. The third-order valence-electron chi connectivity index (χ3n) is 5.68. The van der Waals surface area contributed by atoms with Gasteiger partial charge in [-0.05, 0) is 49.7 Å². The van der Waals surface area contributed by atoms with Crippen molar-refractivity contribution in [3.05, 3.63) is 58.8 Å². The average molecular weight is 481 g/mol. The van der Waals surface area contributed by atoms with E-state index in [0.717, 1.165) is 30.5 Å². The van der Waals surface area contributed by atoms with Crippen molar-refractivity contribution in [1.29, 1.82) is 5.53 Å². The van der Waals surface area contributed by atoms with Crippen LogP contribution in [0.3, 0.4) is 0 Å². The second-order valence-electron chi connectivity index (χ2n) is 8.21. The van der Waals surface area contributed by atoms with Crippen molar-refractivity contribution in [1.82, 2.24) is 20.1 Å². The van der Waals surface area contributed by atoms with Gasteiger partial charge in [-0.2, -0.15) is 10.1 Å². The van der Waals surface area contributed by atoms with Gasteiger partial charge in [0.15, 0.2) is 12.1 Å². The summed E-state index contributed by atoms with van der Waals surface area (Å²) in [5.74, 6) is 3.03. The molecular formula is C23H26N7O3S+. The fourth-order valence-corrected chi connectivity index (χ4v) is 4.01. The van der Waals surface area contributed by atoms with Crippen molar-refractivity contribution >= 4 is 30.4 Å². The minimum absolute atomic E-state index is 0.181. The maximum absolute atomic E-state index is 12.0. The smallest absolute Gasteiger partial charge is 0.235 e. The average Bonchev–Trinajstić information content (AvgIpc) is 3.37. The molecule has 0 atom stereocenters. The zero-order chi connectivity index (χ0) is 24.1. The van der Waals surface area contributed by atoms with E-state index < -0.39 is 0 Å². The summed E-state index contributed by atoms with van der Waals surface area (Å²) >= 11 is 3.24. The van der Waals surface area contributed by atoms with Crippen molar-refractivity contribution < 1.29 is 14.1 Å². The van der Waals surface area contributed by atoms with Crippen molar-refractivity contribution in [2.45, 2.75) is 38.5 Å². The topological polar surface area (TPSA) is 130 Å². The molecule has 0 amide bonds. The number of hydrogen-bond acceptors (Lipinski definition) is 10. The molecule has 0 bridgehead atoms. The van der Waals surface area contributed by atoms with E-state index in [2.05, 4.69) is 42.8 Å². The molecule has 2 aromatic heterocycles. The number of benzene rings is 1. The van der Waals surface area contributed by atoms with Crippen LogP contribution in [0.2, 0.25) is 0 Å². The largest absolute Gasteiger partial charge is 0.438 e. The highest BCUT2D eigenvalue weighted by Crippen LogP contribution is 2.33. The quantitative estimate of drug-likeness (QED) is 0.287. The highest BCUT2D eigenvalue weighted by atomic mass is 32.1. The maximum Gasteiger partial charge on any atom is 0.235 e. The monoisotopic (exact) mass is 480 g/mol. The van der Waals surface area contributed by atoms with Gasteiger partial charge < -0.3 is 14.2 Å². The molecular weight excluding hydrogens is 454 g/mol. The molecule has 1 fully saturated rings. The summed E-state index contributed by atoms with van der Waals surface area (Å²) in [5.41, 5.74) is 8.73. The standard InChI is InChI=1S/C23H25N7O3S/c1-14(2)20-27-22(33-29-20)16-7-9-30(10-8-16)21-18(11-31)23(26-13-25-21)32-17-5-3-15(4-6-17)19(12-34)28-24/h3-6,11-14,16,24,34H,7-10H2,1-2H3/p+1/b19-12-,28-24?. The number of aromatic nitrogens is 4. The van der Waals surface area contributed by atoms with Gasteiger partial charge in [-0.1, -0.05) is 19.0 Å². The number of nitrogens with zero attached hydrogens (tertiary/aromatic N) is 6.